The molecule has 1 N–H and O–H groups in total. The van der Waals surface area contributed by atoms with Gasteiger partial charge in [0, 0.05) is 25.8 Å². The summed E-state index contributed by atoms with van der Waals surface area (Å²) in [4.78, 5) is 22.5. The highest BCUT2D eigenvalue weighted by molar-refractivity contribution is 5.97. The smallest absolute Gasteiger partial charge is 0.254 e. The summed E-state index contributed by atoms with van der Waals surface area (Å²) in [6.07, 6.45) is 2.87. The van der Waals surface area contributed by atoms with Gasteiger partial charge in [-0.3, -0.25) is 4.79 Å². The number of aryl methyl sites for hydroxylation is 1. The Hall–Kier alpha value is -1.92. The van der Waals surface area contributed by atoms with Crippen molar-refractivity contribution in [2.45, 2.75) is 37.9 Å². The minimum atomic E-state index is -0.336. The fraction of sp³-hybridized carbons (Fsp3) is 0.556. The van der Waals surface area contributed by atoms with Gasteiger partial charge in [-0.05, 0) is 44.4 Å². The number of nitrogens with one attached hydrogen (secondary N) is 1. The molecule has 2 aliphatic heterocycles. The molecule has 6 nitrogen and oxygen atoms in total. The number of rotatable bonds is 2. The van der Waals surface area contributed by atoms with Gasteiger partial charge in [0.15, 0.2) is 0 Å². The van der Waals surface area contributed by atoms with E-state index in [-0.39, 0.29) is 17.6 Å². The van der Waals surface area contributed by atoms with Crippen molar-refractivity contribution in [2.75, 3.05) is 26.8 Å². The maximum Gasteiger partial charge on any atom is 0.254 e. The average molecular weight is 329 g/mol. The molecule has 0 bridgehead atoms. The van der Waals surface area contributed by atoms with E-state index in [9.17, 15) is 4.79 Å². The van der Waals surface area contributed by atoms with Gasteiger partial charge in [0.2, 0.25) is 0 Å². The Labute approximate surface area is 141 Å². The molecule has 2 atom stereocenters. The molecular weight excluding hydrogens is 306 g/mol. The van der Waals surface area contributed by atoms with Crippen LogP contribution in [0.4, 0.5) is 0 Å². The Morgan fingerprint density at radius 3 is 3.12 bits per heavy atom. The van der Waals surface area contributed by atoms with Crippen molar-refractivity contribution in [3.8, 4) is 0 Å². The number of amides is 1. The topological polar surface area (TPSA) is 67.5 Å². The number of likely N-dealkylation sites (tertiary alicyclic amines) is 1. The van der Waals surface area contributed by atoms with E-state index in [1.165, 1.54) is 0 Å². The number of carbonyl (C=O) groups excluding carboxylic acids is 1. The molecular formula is C18H23N3O3. The molecule has 2 aromatic rings. The zero-order valence-electron chi connectivity index (χ0n) is 14.2. The van der Waals surface area contributed by atoms with Gasteiger partial charge in [0.25, 0.3) is 5.91 Å². The molecule has 1 spiro atoms. The number of methoxy groups -OCH3 is 1. The van der Waals surface area contributed by atoms with E-state index in [4.69, 9.17) is 9.47 Å². The number of benzene rings is 1. The van der Waals surface area contributed by atoms with Crippen LogP contribution in [0.25, 0.3) is 11.0 Å². The summed E-state index contributed by atoms with van der Waals surface area (Å²) in [5.74, 6) is 0.905. The first kappa shape index (κ1) is 15.6. The highest BCUT2D eigenvalue weighted by Crippen LogP contribution is 2.36. The molecule has 1 aromatic carbocycles. The van der Waals surface area contributed by atoms with Crippen molar-refractivity contribution >= 4 is 16.9 Å². The summed E-state index contributed by atoms with van der Waals surface area (Å²) < 4.78 is 11.7. The second kappa shape index (κ2) is 5.86. The summed E-state index contributed by atoms with van der Waals surface area (Å²) in [5.41, 5.74) is 2.14. The predicted molar refractivity (Wildman–Crippen MR) is 90.1 cm³/mol. The lowest BCUT2D eigenvalue weighted by Gasteiger charge is -2.44. The predicted octanol–water partition coefficient (Wildman–Crippen LogP) is 2.28. The van der Waals surface area contributed by atoms with Crippen LogP contribution < -0.4 is 0 Å². The highest BCUT2D eigenvalue weighted by Gasteiger charge is 2.48. The van der Waals surface area contributed by atoms with Gasteiger partial charge in [0.1, 0.15) is 11.4 Å². The first-order valence-electron chi connectivity index (χ1n) is 8.54. The number of H-pyrrole nitrogens is 1. The van der Waals surface area contributed by atoms with Crippen LogP contribution in [0.1, 0.15) is 35.4 Å². The van der Waals surface area contributed by atoms with Gasteiger partial charge < -0.3 is 19.4 Å². The second-order valence-corrected chi connectivity index (χ2v) is 6.81. The van der Waals surface area contributed by atoms with Gasteiger partial charge >= 0.3 is 0 Å². The van der Waals surface area contributed by atoms with Gasteiger partial charge in [-0.2, -0.15) is 0 Å². The monoisotopic (exact) mass is 329 g/mol. The number of imidazole rings is 1. The minimum Gasteiger partial charge on any atom is -0.378 e. The molecule has 0 unspecified atom stereocenters. The van der Waals surface area contributed by atoms with Crippen LogP contribution in [-0.2, 0) is 9.47 Å². The van der Waals surface area contributed by atoms with Crippen molar-refractivity contribution < 1.29 is 14.3 Å². The molecule has 2 aliphatic rings. The Bertz CT molecular complexity index is 764. The average Bonchev–Trinajstić information content (AvgIpc) is 3.19. The van der Waals surface area contributed by atoms with Crippen molar-refractivity contribution in [3.63, 3.8) is 0 Å². The summed E-state index contributed by atoms with van der Waals surface area (Å²) in [5, 5.41) is 0. The Balaban J connectivity index is 1.59. The van der Waals surface area contributed by atoms with E-state index < -0.39 is 0 Å². The quantitative estimate of drug-likeness (QED) is 0.918. The van der Waals surface area contributed by atoms with Crippen molar-refractivity contribution in [3.05, 3.63) is 29.6 Å². The summed E-state index contributed by atoms with van der Waals surface area (Å²) in [6, 6.07) is 5.65. The molecule has 3 heterocycles. The van der Waals surface area contributed by atoms with E-state index in [0.717, 1.165) is 42.7 Å². The number of hydrogen-bond donors (Lipinski definition) is 1. The number of hydrogen-bond acceptors (Lipinski definition) is 4. The number of ether oxygens (including phenoxy) is 2. The molecule has 0 aliphatic carbocycles. The molecule has 0 radical (unpaired) electrons. The summed E-state index contributed by atoms with van der Waals surface area (Å²) >= 11 is 0. The normalized spacial score (nSPS) is 27.2. The SMILES string of the molecule is CO[C@H]1CCN(C(=O)c2ccc3nc(C)[nH]c3c2)C[C@@]12CCCO2. The molecule has 4 rings (SSSR count). The summed E-state index contributed by atoms with van der Waals surface area (Å²) in [7, 11) is 1.74. The molecule has 2 saturated heterocycles. The van der Waals surface area contributed by atoms with E-state index in [1.807, 2.05) is 30.0 Å². The molecule has 24 heavy (non-hydrogen) atoms. The first-order valence-corrected chi connectivity index (χ1v) is 8.54. The highest BCUT2D eigenvalue weighted by atomic mass is 16.6. The van der Waals surface area contributed by atoms with Gasteiger partial charge in [-0.25, -0.2) is 4.98 Å². The molecule has 2 fully saturated rings. The Morgan fingerprint density at radius 2 is 2.38 bits per heavy atom. The molecule has 128 valence electrons. The number of carbonyl (C=O) groups is 1. The second-order valence-electron chi connectivity index (χ2n) is 6.81. The van der Waals surface area contributed by atoms with Crippen molar-refractivity contribution in [1.29, 1.82) is 0 Å². The van der Waals surface area contributed by atoms with Crippen molar-refractivity contribution in [2.24, 2.45) is 0 Å². The Morgan fingerprint density at radius 1 is 1.50 bits per heavy atom. The molecule has 0 saturated carbocycles. The lowest BCUT2D eigenvalue weighted by molar-refractivity contribution is -0.137. The van der Waals surface area contributed by atoms with E-state index in [2.05, 4.69) is 9.97 Å². The number of piperidine rings is 1. The van der Waals surface area contributed by atoms with E-state index in [0.29, 0.717) is 18.7 Å². The molecule has 6 heteroatoms. The number of aromatic nitrogens is 2. The van der Waals surface area contributed by atoms with Crippen LogP contribution in [-0.4, -0.2) is 59.3 Å². The maximum atomic E-state index is 13.0. The van der Waals surface area contributed by atoms with Crippen LogP contribution in [0, 0.1) is 6.92 Å². The Kier molecular flexibility index (Phi) is 3.81. The van der Waals surface area contributed by atoms with Crippen LogP contribution in [0.3, 0.4) is 0 Å². The number of fused-ring (bicyclic) bond motifs is 1. The van der Waals surface area contributed by atoms with E-state index >= 15 is 0 Å². The first-order chi connectivity index (χ1) is 11.6. The summed E-state index contributed by atoms with van der Waals surface area (Å²) in [6.45, 7) is 3.96. The van der Waals surface area contributed by atoms with Crippen LogP contribution in [0.2, 0.25) is 0 Å². The minimum absolute atomic E-state index is 0.0496. The fourth-order valence-corrected chi connectivity index (χ4v) is 4.10. The lowest BCUT2D eigenvalue weighted by atomic mass is 9.86. The zero-order chi connectivity index (χ0) is 16.7. The molecule has 1 amide bonds. The van der Waals surface area contributed by atoms with E-state index in [1.54, 1.807) is 7.11 Å². The standard InChI is InChI=1S/C18H23N3O3/c1-12-19-14-5-4-13(10-15(14)20-12)17(22)21-8-6-16(23-2)18(11-21)7-3-9-24-18/h4-5,10,16H,3,6-9,11H2,1-2H3,(H,19,20)/t16-,18-/m0/s1. The fourth-order valence-electron chi connectivity index (χ4n) is 4.10. The van der Waals surface area contributed by atoms with Crippen LogP contribution >= 0.6 is 0 Å². The number of nitrogens with zero attached hydrogens (tertiary/aromatic N) is 2. The third-order valence-electron chi connectivity index (χ3n) is 5.26. The largest absolute Gasteiger partial charge is 0.378 e. The zero-order valence-corrected chi connectivity index (χ0v) is 14.2. The lowest BCUT2D eigenvalue weighted by Crippen LogP contribution is -2.58. The van der Waals surface area contributed by atoms with Crippen LogP contribution in [0.15, 0.2) is 18.2 Å². The third kappa shape index (κ3) is 2.50. The third-order valence-corrected chi connectivity index (χ3v) is 5.26. The van der Waals surface area contributed by atoms with Crippen LogP contribution in [0.5, 0.6) is 0 Å². The number of aromatic amines is 1. The van der Waals surface area contributed by atoms with Gasteiger partial charge in [-0.15, -0.1) is 0 Å². The van der Waals surface area contributed by atoms with Gasteiger partial charge in [0.05, 0.1) is 23.7 Å². The maximum absolute atomic E-state index is 13.0. The van der Waals surface area contributed by atoms with Crippen molar-refractivity contribution in [1.82, 2.24) is 14.9 Å². The van der Waals surface area contributed by atoms with Gasteiger partial charge in [-0.1, -0.05) is 0 Å². The molecule has 1 aromatic heterocycles.